The van der Waals surface area contributed by atoms with Crippen molar-refractivity contribution >= 4 is 19.7 Å². The van der Waals surface area contributed by atoms with Gasteiger partial charge in [-0.25, -0.2) is 19.6 Å². The van der Waals surface area contributed by atoms with E-state index in [2.05, 4.69) is 63.8 Å². The summed E-state index contributed by atoms with van der Waals surface area (Å²) in [5.41, 5.74) is 2.88. The maximum Gasteiger partial charge on any atom is 0.260 e. The molecule has 3 aromatic rings. The summed E-state index contributed by atoms with van der Waals surface area (Å²) in [4.78, 5) is 13.3. The van der Waals surface area contributed by atoms with Gasteiger partial charge in [0, 0.05) is 6.54 Å². The molecule has 3 aliphatic rings. The molecule has 0 bridgehead atoms. The topological polar surface area (TPSA) is 117 Å². The number of nitriles is 1. The minimum absolute atomic E-state index is 0.00992. The molecule has 1 aromatic carbocycles. The number of fused-ring (bicyclic) bond motifs is 2. The van der Waals surface area contributed by atoms with Crippen molar-refractivity contribution in [2.45, 2.75) is 82.6 Å². The number of hydrogen-bond acceptors (Lipinski definition) is 10. The van der Waals surface area contributed by atoms with Crippen LogP contribution in [0.5, 0.6) is 0 Å². The van der Waals surface area contributed by atoms with Crippen molar-refractivity contribution in [2.75, 3.05) is 19.9 Å². The van der Waals surface area contributed by atoms with Crippen LogP contribution in [0.2, 0.25) is 0 Å². The van der Waals surface area contributed by atoms with Crippen LogP contribution in [0.1, 0.15) is 57.0 Å². The predicted octanol–water partition coefficient (Wildman–Crippen LogP) is 4.74. The Balaban J connectivity index is 1.29. The minimum atomic E-state index is -1.37. The summed E-state index contributed by atoms with van der Waals surface area (Å²) in [6.07, 6.45) is 4.71. The molecule has 3 saturated heterocycles. The molecule has 212 valence electrons. The fraction of sp³-hybridized carbons (Fsp3) is 0.571. The molecule has 5 heterocycles. The molecule has 11 nitrogen and oxygen atoms in total. The van der Waals surface area contributed by atoms with E-state index in [-0.39, 0.29) is 18.9 Å². The van der Waals surface area contributed by atoms with Crippen LogP contribution in [-0.4, -0.2) is 68.5 Å². The first-order chi connectivity index (χ1) is 19.5. The van der Waals surface area contributed by atoms with Crippen molar-refractivity contribution in [1.29, 1.82) is 5.26 Å². The van der Waals surface area contributed by atoms with Crippen LogP contribution in [0.15, 0.2) is 43.0 Å². The van der Waals surface area contributed by atoms with E-state index in [1.54, 1.807) is 6.33 Å². The maximum atomic E-state index is 8.88. The Hall–Kier alpha value is -2.55. The van der Waals surface area contributed by atoms with Crippen LogP contribution in [0.4, 0.5) is 0 Å². The Labute approximate surface area is 235 Å². The maximum absolute atomic E-state index is 8.88. The van der Waals surface area contributed by atoms with Crippen LogP contribution in [0, 0.1) is 18.3 Å². The molecular weight excluding hydrogens is 531 g/mol. The van der Waals surface area contributed by atoms with E-state index in [0.717, 1.165) is 42.6 Å². The van der Waals surface area contributed by atoms with Crippen LogP contribution in [0.25, 0.3) is 11.2 Å². The van der Waals surface area contributed by atoms with Gasteiger partial charge in [0.05, 0.1) is 43.3 Å². The van der Waals surface area contributed by atoms with Crippen LogP contribution >= 0.6 is 8.53 Å². The highest BCUT2D eigenvalue weighted by molar-refractivity contribution is 7.45. The summed E-state index contributed by atoms with van der Waals surface area (Å²) in [6.45, 7) is 7.40. The normalized spacial score (nSPS) is 32.0. The average molecular weight is 567 g/mol. The Morgan fingerprint density at radius 2 is 2.05 bits per heavy atom. The lowest BCUT2D eigenvalue weighted by Gasteiger charge is -2.29. The first-order valence-corrected chi connectivity index (χ1v) is 15.0. The first kappa shape index (κ1) is 27.6. The van der Waals surface area contributed by atoms with Crippen LogP contribution in [-0.2, 0) is 28.9 Å². The quantitative estimate of drug-likeness (QED) is 0.194. The van der Waals surface area contributed by atoms with Gasteiger partial charge in [0.1, 0.15) is 36.4 Å². The van der Waals surface area contributed by atoms with Crippen molar-refractivity contribution in [2.24, 2.45) is 0 Å². The van der Waals surface area contributed by atoms with Crippen molar-refractivity contribution in [1.82, 2.24) is 24.2 Å². The van der Waals surface area contributed by atoms with Gasteiger partial charge in [0.25, 0.3) is 8.53 Å². The number of benzene rings is 1. The second kappa shape index (κ2) is 11.7. The van der Waals surface area contributed by atoms with Gasteiger partial charge in [0.2, 0.25) is 0 Å². The lowest BCUT2D eigenvalue weighted by molar-refractivity contribution is -0.135. The van der Waals surface area contributed by atoms with Gasteiger partial charge < -0.3 is 23.3 Å². The predicted molar refractivity (Wildman–Crippen MR) is 147 cm³/mol. The standard InChI is InChI=1S/C28H35N6O5P/c1-4-21-24(38-40-34-14-8-12-22(34)28(3,39-40)20-10-6-5-7-11-20)25(36-18-35-15-9-13-29)27(37-21)33-17-32-23-19(2)30-16-31-26(23)33/h5-7,10-11,16-17,21-22,24-25,27H,4,8-9,12,14-15,18H2,1-3H3/t21-,22+,24?,25+,27-,28-,40+/m1/s1. The zero-order chi connectivity index (χ0) is 27.7. The Morgan fingerprint density at radius 3 is 2.85 bits per heavy atom. The summed E-state index contributed by atoms with van der Waals surface area (Å²) in [6, 6.07) is 12.8. The highest BCUT2D eigenvalue weighted by atomic mass is 31.2. The molecule has 0 saturated carbocycles. The molecule has 12 heteroatoms. The minimum Gasteiger partial charge on any atom is -0.354 e. The van der Waals surface area contributed by atoms with Gasteiger partial charge in [-0.15, -0.1) is 0 Å². The van der Waals surface area contributed by atoms with E-state index < -0.39 is 32.6 Å². The largest absolute Gasteiger partial charge is 0.354 e. The van der Waals surface area contributed by atoms with E-state index in [1.807, 2.05) is 17.6 Å². The van der Waals surface area contributed by atoms with E-state index in [1.165, 1.54) is 6.33 Å². The summed E-state index contributed by atoms with van der Waals surface area (Å²) in [7, 11) is -1.37. The first-order valence-electron chi connectivity index (χ1n) is 13.9. The highest BCUT2D eigenvalue weighted by Crippen LogP contribution is 2.64. The number of rotatable bonds is 10. The Morgan fingerprint density at radius 1 is 1.20 bits per heavy atom. The van der Waals surface area contributed by atoms with E-state index in [9.17, 15) is 0 Å². The van der Waals surface area contributed by atoms with Crippen LogP contribution in [0.3, 0.4) is 0 Å². The number of hydrogen-bond donors (Lipinski definition) is 0. The molecular formula is C28H35N6O5P. The number of nitrogens with zero attached hydrogens (tertiary/aromatic N) is 6. The summed E-state index contributed by atoms with van der Waals surface area (Å²) in [5, 5.41) is 8.88. The van der Waals surface area contributed by atoms with Crippen molar-refractivity contribution in [3.05, 3.63) is 54.2 Å². The molecule has 7 atom stereocenters. The SMILES string of the molecule is CC[C@H]1O[C@@H](n2cnc3c(C)ncnc32)[C@@H](OCOCCC#N)C1O[P@@]1O[C@](C)(c2ccccc2)[C@@H]2CCCN21. The van der Waals surface area contributed by atoms with Gasteiger partial charge in [0.15, 0.2) is 11.9 Å². The molecule has 3 fully saturated rings. The van der Waals surface area contributed by atoms with Crippen LogP contribution < -0.4 is 0 Å². The van der Waals surface area contributed by atoms with Gasteiger partial charge in [-0.05, 0) is 38.7 Å². The number of aryl methyl sites for hydroxylation is 1. The van der Waals surface area contributed by atoms with Crippen molar-refractivity contribution < 1.29 is 23.3 Å². The molecule has 6 rings (SSSR count). The molecule has 0 N–H and O–H groups in total. The third-order valence-electron chi connectivity index (χ3n) is 8.10. The second-order valence-corrected chi connectivity index (χ2v) is 11.9. The third-order valence-corrected chi connectivity index (χ3v) is 9.96. The molecule has 0 aliphatic carbocycles. The third kappa shape index (κ3) is 4.92. The molecule has 1 unspecified atom stereocenters. The van der Waals surface area contributed by atoms with Crippen molar-refractivity contribution in [3.8, 4) is 6.07 Å². The van der Waals surface area contributed by atoms with E-state index in [4.69, 9.17) is 28.5 Å². The van der Waals surface area contributed by atoms with E-state index in [0.29, 0.717) is 18.7 Å². The zero-order valence-corrected chi connectivity index (χ0v) is 23.9. The fourth-order valence-electron chi connectivity index (χ4n) is 6.01. The molecule has 0 spiro atoms. The second-order valence-electron chi connectivity index (χ2n) is 10.5. The highest BCUT2D eigenvalue weighted by Gasteiger charge is 2.57. The van der Waals surface area contributed by atoms with Gasteiger partial charge in [-0.2, -0.15) is 5.26 Å². The monoisotopic (exact) mass is 566 g/mol. The summed E-state index contributed by atoms with van der Waals surface area (Å²) < 4.78 is 36.6. The Kier molecular flexibility index (Phi) is 8.11. The lowest BCUT2D eigenvalue weighted by atomic mass is 9.87. The molecule has 0 radical (unpaired) electrons. The van der Waals surface area contributed by atoms with Gasteiger partial charge in [-0.3, -0.25) is 4.57 Å². The number of ether oxygens (including phenoxy) is 3. The zero-order valence-electron chi connectivity index (χ0n) is 23.0. The summed E-state index contributed by atoms with van der Waals surface area (Å²) >= 11 is 0. The Bertz CT molecular complexity index is 1350. The fourth-order valence-corrected chi connectivity index (χ4v) is 8.16. The van der Waals surface area contributed by atoms with Gasteiger partial charge in [-0.1, -0.05) is 37.3 Å². The molecule has 3 aliphatic heterocycles. The molecule has 2 aromatic heterocycles. The number of aromatic nitrogens is 4. The number of imidazole rings is 1. The molecule has 40 heavy (non-hydrogen) atoms. The van der Waals surface area contributed by atoms with E-state index >= 15 is 0 Å². The average Bonchev–Trinajstić information content (AvgIpc) is 3.74. The lowest BCUT2D eigenvalue weighted by Crippen LogP contribution is -2.37. The van der Waals surface area contributed by atoms with Crippen molar-refractivity contribution in [3.63, 3.8) is 0 Å². The molecule has 0 amide bonds. The smallest absolute Gasteiger partial charge is 0.260 e. The van der Waals surface area contributed by atoms with Gasteiger partial charge >= 0.3 is 0 Å². The summed E-state index contributed by atoms with van der Waals surface area (Å²) in [5.74, 6) is 0.